The quantitative estimate of drug-likeness (QED) is 0.655. The topological polar surface area (TPSA) is 87.5 Å². The molecular formula is C18H25ClN4O3. The minimum Gasteiger partial charge on any atom is -0.480 e. The van der Waals surface area contributed by atoms with Crippen molar-refractivity contribution in [2.24, 2.45) is 0 Å². The zero-order valence-corrected chi connectivity index (χ0v) is 15.6. The number of aliphatic carboxylic acids is 1. The third kappa shape index (κ3) is 7.25. The molecule has 0 radical (unpaired) electrons. The van der Waals surface area contributed by atoms with Gasteiger partial charge >= 0.3 is 5.97 Å². The van der Waals surface area contributed by atoms with E-state index in [-0.39, 0.29) is 31.4 Å². The molecule has 0 atom stereocenters. The number of rotatable bonds is 10. The highest BCUT2D eigenvalue weighted by molar-refractivity contribution is 5.85. The summed E-state index contributed by atoms with van der Waals surface area (Å²) in [7, 11) is 0. The van der Waals surface area contributed by atoms with E-state index in [0.29, 0.717) is 19.5 Å². The number of amides is 1. The second-order valence-electron chi connectivity index (χ2n) is 5.83. The molecule has 0 bridgehead atoms. The van der Waals surface area contributed by atoms with E-state index in [1.807, 2.05) is 43.5 Å². The number of nitrogens with zero attached hydrogens (tertiary/aromatic N) is 3. The Morgan fingerprint density at radius 2 is 1.96 bits per heavy atom. The number of carbonyl (C=O) groups excluding carboxylic acids is 1. The van der Waals surface area contributed by atoms with Crippen LogP contribution in [0.5, 0.6) is 0 Å². The van der Waals surface area contributed by atoms with Crippen molar-refractivity contribution >= 4 is 24.3 Å². The lowest BCUT2D eigenvalue weighted by Gasteiger charge is -2.18. The fraction of sp³-hybridized carbons (Fsp3) is 0.389. The lowest BCUT2D eigenvalue weighted by molar-refractivity contribution is -0.138. The molecule has 0 unspecified atom stereocenters. The van der Waals surface area contributed by atoms with E-state index in [0.717, 1.165) is 17.7 Å². The average molecular weight is 381 g/mol. The van der Waals surface area contributed by atoms with Crippen LogP contribution in [-0.4, -0.2) is 57.8 Å². The van der Waals surface area contributed by atoms with E-state index in [2.05, 4.69) is 10.4 Å². The predicted molar refractivity (Wildman–Crippen MR) is 102 cm³/mol. The number of benzene rings is 1. The monoisotopic (exact) mass is 380 g/mol. The summed E-state index contributed by atoms with van der Waals surface area (Å²) in [5.74, 6) is -1.08. The van der Waals surface area contributed by atoms with Gasteiger partial charge in [0.1, 0.15) is 0 Å². The van der Waals surface area contributed by atoms with E-state index in [1.165, 1.54) is 0 Å². The second kappa shape index (κ2) is 11.3. The van der Waals surface area contributed by atoms with E-state index < -0.39 is 5.97 Å². The maximum atomic E-state index is 12.0. The molecule has 1 heterocycles. The Morgan fingerprint density at radius 1 is 1.23 bits per heavy atom. The smallest absolute Gasteiger partial charge is 0.317 e. The number of halogens is 1. The van der Waals surface area contributed by atoms with Gasteiger partial charge in [-0.05, 0) is 37.1 Å². The molecule has 2 rings (SSSR count). The normalized spacial score (nSPS) is 10.4. The standard InChI is InChI=1S/C18H24N4O3.ClH/c1-2-10-21(14-18(24)25)13-17(23)19-9-8-15-11-20-22(12-15)16-6-4-3-5-7-16;/h3-7,11-12H,2,8-10,13-14H2,1H3,(H,19,23)(H,24,25);1H. The van der Waals surface area contributed by atoms with Crippen LogP contribution in [0.25, 0.3) is 5.69 Å². The maximum absolute atomic E-state index is 12.0. The molecule has 0 saturated carbocycles. The fourth-order valence-corrected chi connectivity index (χ4v) is 2.54. The molecule has 26 heavy (non-hydrogen) atoms. The third-order valence-corrected chi connectivity index (χ3v) is 3.66. The van der Waals surface area contributed by atoms with Crippen LogP contribution < -0.4 is 5.32 Å². The highest BCUT2D eigenvalue weighted by Crippen LogP contribution is 2.07. The van der Waals surface area contributed by atoms with Crippen molar-refractivity contribution in [3.8, 4) is 5.69 Å². The number of para-hydroxylation sites is 1. The zero-order valence-electron chi connectivity index (χ0n) is 14.8. The van der Waals surface area contributed by atoms with Crippen molar-refractivity contribution in [2.45, 2.75) is 19.8 Å². The maximum Gasteiger partial charge on any atom is 0.317 e. The van der Waals surface area contributed by atoms with Gasteiger partial charge in [-0.25, -0.2) is 4.68 Å². The van der Waals surface area contributed by atoms with Crippen molar-refractivity contribution in [1.82, 2.24) is 20.0 Å². The summed E-state index contributed by atoms with van der Waals surface area (Å²) in [5.41, 5.74) is 2.02. The molecule has 1 aromatic heterocycles. The minimum atomic E-state index is -0.922. The van der Waals surface area contributed by atoms with Crippen molar-refractivity contribution in [3.05, 3.63) is 48.3 Å². The molecule has 0 fully saturated rings. The SMILES string of the molecule is CCCN(CC(=O)O)CC(=O)NCCc1cnn(-c2ccccc2)c1.Cl. The summed E-state index contributed by atoms with van der Waals surface area (Å²) >= 11 is 0. The highest BCUT2D eigenvalue weighted by Gasteiger charge is 2.13. The first-order valence-corrected chi connectivity index (χ1v) is 8.38. The Balaban J connectivity index is 0.00000338. The average Bonchev–Trinajstić information content (AvgIpc) is 3.04. The second-order valence-corrected chi connectivity index (χ2v) is 5.83. The molecule has 0 spiro atoms. The van der Waals surface area contributed by atoms with Gasteiger partial charge in [0.25, 0.3) is 0 Å². The molecule has 142 valence electrons. The van der Waals surface area contributed by atoms with Gasteiger partial charge in [0.05, 0.1) is 25.0 Å². The number of hydrogen-bond donors (Lipinski definition) is 2. The van der Waals surface area contributed by atoms with Gasteiger partial charge in [0, 0.05) is 12.7 Å². The summed E-state index contributed by atoms with van der Waals surface area (Å²) < 4.78 is 1.80. The van der Waals surface area contributed by atoms with E-state index in [4.69, 9.17) is 5.11 Å². The first-order valence-electron chi connectivity index (χ1n) is 8.38. The Labute approximate surface area is 159 Å². The number of carbonyl (C=O) groups is 2. The lowest BCUT2D eigenvalue weighted by Crippen LogP contribution is -2.40. The number of carboxylic acids is 1. The van der Waals surface area contributed by atoms with E-state index in [1.54, 1.807) is 15.8 Å². The molecule has 0 saturated heterocycles. The highest BCUT2D eigenvalue weighted by atomic mass is 35.5. The Morgan fingerprint density at radius 3 is 2.62 bits per heavy atom. The van der Waals surface area contributed by atoms with Crippen molar-refractivity contribution in [1.29, 1.82) is 0 Å². The van der Waals surface area contributed by atoms with Crippen LogP contribution in [0.15, 0.2) is 42.7 Å². The lowest BCUT2D eigenvalue weighted by atomic mass is 10.2. The minimum absolute atomic E-state index is 0. The van der Waals surface area contributed by atoms with Crippen LogP contribution in [0.1, 0.15) is 18.9 Å². The number of carboxylic acid groups (broad SMARTS) is 1. The summed E-state index contributed by atoms with van der Waals surface area (Å²) in [6, 6.07) is 9.81. The summed E-state index contributed by atoms with van der Waals surface area (Å²) in [4.78, 5) is 24.4. The van der Waals surface area contributed by atoms with Crippen LogP contribution >= 0.6 is 12.4 Å². The predicted octanol–water partition coefficient (Wildman–Crippen LogP) is 1.75. The summed E-state index contributed by atoms with van der Waals surface area (Å²) in [5, 5.41) is 16.0. The van der Waals surface area contributed by atoms with Crippen LogP contribution in [-0.2, 0) is 16.0 Å². The molecule has 0 aliphatic rings. The molecule has 7 nitrogen and oxygen atoms in total. The molecule has 1 aromatic carbocycles. The Hall–Kier alpha value is -2.38. The van der Waals surface area contributed by atoms with Gasteiger partial charge in [-0.3, -0.25) is 14.5 Å². The zero-order chi connectivity index (χ0) is 18.1. The first kappa shape index (κ1) is 21.7. The third-order valence-electron chi connectivity index (χ3n) is 3.66. The van der Waals surface area contributed by atoms with Crippen LogP contribution in [0, 0.1) is 0 Å². The molecule has 0 aliphatic carbocycles. The number of aromatic nitrogens is 2. The van der Waals surface area contributed by atoms with Gasteiger partial charge in [0.15, 0.2) is 0 Å². The summed E-state index contributed by atoms with van der Waals surface area (Å²) in [6.45, 7) is 3.02. The van der Waals surface area contributed by atoms with Gasteiger partial charge in [0.2, 0.25) is 5.91 Å². The largest absolute Gasteiger partial charge is 0.480 e. The van der Waals surface area contributed by atoms with E-state index >= 15 is 0 Å². The van der Waals surface area contributed by atoms with Crippen LogP contribution in [0.3, 0.4) is 0 Å². The Bertz CT molecular complexity index is 691. The van der Waals surface area contributed by atoms with Crippen molar-refractivity contribution in [2.75, 3.05) is 26.2 Å². The number of nitrogens with one attached hydrogen (secondary N) is 1. The van der Waals surface area contributed by atoms with Gasteiger partial charge in [-0.2, -0.15) is 5.10 Å². The van der Waals surface area contributed by atoms with Crippen molar-refractivity contribution < 1.29 is 14.7 Å². The first-order chi connectivity index (χ1) is 12.1. The van der Waals surface area contributed by atoms with Gasteiger partial charge in [-0.15, -0.1) is 12.4 Å². The van der Waals surface area contributed by atoms with Crippen LogP contribution in [0.2, 0.25) is 0 Å². The molecule has 1 amide bonds. The molecule has 0 aliphatic heterocycles. The van der Waals surface area contributed by atoms with Gasteiger partial charge < -0.3 is 10.4 Å². The van der Waals surface area contributed by atoms with Crippen molar-refractivity contribution in [3.63, 3.8) is 0 Å². The summed E-state index contributed by atoms with van der Waals surface area (Å²) in [6.07, 6.45) is 5.20. The molecule has 8 heteroatoms. The molecule has 2 aromatic rings. The van der Waals surface area contributed by atoms with Crippen LogP contribution in [0.4, 0.5) is 0 Å². The van der Waals surface area contributed by atoms with E-state index in [9.17, 15) is 9.59 Å². The molecular weight excluding hydrogens is 356 g/mol. The number of hydrogen-bond acceptors (Lipinski definition) is 4. The fourth-order valence-electron chi connectivity index (χ4n) is 2.54. The Kier molecular flexibility index (Phi) is 9.40. The van der Waals surface area contributed by atoms with Gasteiger partial charge in [-0.1, -0.05) is 25.1 Å². The molecule has 2 N–H and O–H groups in total.